The van der Waals surface area contributed by atoms with Gasteiger partial charge in [0.1, 0.15) is 0 Å². The summed E-state index contributed by atoms with van der Waals surface area (Å²) in [5, 5.41) is 0. The maximum Gasteiger partial charge on any atom is 0.257 e. The van der Waals surface area contributed by atoms with E-state index in [9.17, 15) is 8.42 Å². The monoisotopic (exact) mass is 286 g/mol. The van der Waals surface area contributed by atoms with Crippen LogP contribution < -0.4 is 10.3 Å². The molecule has 0 fully saturated rings. The zero-order valence-electron chi connectivity index (χ0n) is 10.7. The Morgan fingerprint density at radius 1 is 0.900 bits per heavy atom. The van der Waals surface area contributed by atoms with Crippen LogP contribution >= 0.6 is 0 Å². The van der Waals surface area contributed by atoms with Crippen LogP contribution in [0.15, 0.2) is 65.6 Å². The lowest BCUT2D eigenvalue weighted by Gasteiger charge is -2.11. The first kappa shape index (κ1) is 12.9. The largest absolute Gasteiger partial charge is 0.308 e. The lowest BCUT2D eigenvalue weighted by atomic mass is 10.1. The lowest BCUT2D eigenvalue weighted by molar-refractivity contribution is 0.576. The van der Waals surface area contributed by atoms with Crippen LogP contribution in [0, 0.1) is 0 Å². The highest BCUT2D eigenvalue weighted by Crippen LogP contribution is 2.24. The van der Waals surface area contributed by atoms with E-state index in [-0.39, 0.29) is 4.90 Å². The molecule has 102 valence electrons. The molecule has 0 amide bonds. The average Bonchev–Trinajstić information content (AvgIpc) is 2.89. The molecule has 0 unspecified atom stereocenters. The maximum atomic E-state index is 12.1. The fourth-order valence-corrected chi connectivity index (χ4v) is 3.06. The zero-order valence-corrected chi connectivity index (χ0v) is 11.5. The normalized spacial score (nSPS) is 13.7. The number of nitrogens with one attached hydrogen (secondary N) is 2. The van der Waals surface area contributed by atoms with Crippen molar-refractivity contribution in [2.75, 3.05) is 0 Å². The summed E-state index contributed by atoms with van der Waals surface area (Å²) < 4.78 is 24.2. The van der Waals surface area contributed by atoms with Crippen molar-refractivity contribution in [2.45, 2.75) is 11.3 Å². The standard InChI is InChI=1S/C15H14N2O2S/c18-20(19,13-7-2-1-3-8-13)17-16-15-11-10-12-6-4-5-9-14(12)15/h1-9,11,16-17H,10H2. The van der Waals surface area contributed by atoms with E-state index >= 15 is 0 Å². The highest BCUT2D eigenvalue weighted by molar-refractivity contribution is 7.89. The molecule has 0 radical (unpaired) electrons. The number of hydrogen-bond donors (Lipinski definition) is 2. The number of rotatable bonds is 4. The Bertz CT molecular complexity index is 752. The predicted molar refractivity (Wildman–Crippen MR) is 78.0 cm³/mol. The Kier molecular flexibility index (Phi) is 3.30. The number of fused-ring (bicyclic) bond motifs is 1. The van der Waals surface area contributed by atoms with Crippen LogP contribution in [0.5, 0.6) is 0 Å². The van der Waals surface area contributed by atoms with Gasteiger partial charge in [-0.3, -0.25) is 0 Å². The molecule has 0 aliphatic heterocycles. The van der Waals surface area contributed by atoms with Crippen LogP contribution in [0.3, 0.4) is 0 Å². The van der Waals surface area contributed by atoms with Gasteiger partial charge in [0.2, 0.25) is 0 Å². The van der Waals surface area contributed by atoms with Crippen LogP contribution in [-0.4, -0.2) is 8.42 Å². The van der Waals surface area contributed by atoms with Gasteiger partial charge in [-0.2, -0.15) is 0 Å². The van der Waals surface area contributed by atoms with Gasteiger partial charge in [0.25, 0.3) is 10.0 Å². The third-order valence-electron chi connectivity index (χ3n) is 3.21. The molecule has 20 heavy (non-hydrogen) atoms. The zero-order chi connectivity index (χ0) is 14.0. The van der Waals surface area contributed by atoms with Gasteiger partial charge in [-0.1, -0.05) is 48.5 Å². The van der Waals surface area contributed by atoms with Gasteiger partial charge in [-0.15, -0.1) is 4.83 Å². The third-order valence-corrected chi connectivity index (χ3v) is 4.47. The summed E-state index contributed by atoms with van der Waals surface area (Å²) in [4.78, 5) is 2.65. The van der Waals surface area contributed by atoms with Gasteiger partial charge < -0.3 is 5.43 Å². The van der Waals surface area contributed by atoms with E-state index < -0.39 is 10.0 Å². The molecule has 0 spiro atoms. The fraction of sp³-hybridized carbons (Fsp3) is 0.0667. The molecule has 1 aliphatic carbocycles. The van der Waals surface area contributed by atoms with Gasteiger partial charge in [0.05, 0.1) is 10.6 Å². The number of benzene rings is 2. The summed E-state index contributed by atoms with van der Waals surface area (Å²) >= 11 is 0. The van der Waals surface area contributed by atoms with Crippen LogP contribution in [0.4, 0.5) is 0 Å². The summed E-state index contributed by atoms with van der Waals surface area (Å²) in [7, 11) is -3.55. The van der Waals surface area contributed by atoms with Crippen LogP contribution in [0.25, 0.3) is 5.70 Å². The van der Waals surface area contributed by atoms with E-state index in [1.807, 2.05) is 30.3 Å². The van der Waals surface area contributed by atoms with E-state index in [2.05, 4.69) is 10.3 Å². The Morgan fingerprint density at radius 2 is 1.60 bits per heavy atom. The highest BCUT2D eigenvalue weighted by atomic mass is 32.2. The van der Waals surface area contributed by atoms with Gasteiger partial charge in [-0.05, 0) is 24.1 Å². The number of allylic oxidation sites excluding steroid dienone is 1. The minimum absolute atomic E-state index is 0.236. The quantitative estimate of drug-likeness (QED) is 0.846. The second-order valence-electron chi connectivity index (χ2n) is 4.52. The Hall–Kier alpha value is -2.11. The van der Waals surface area contributed by atoms with Crippen molar-refractivity contribution in [2.24, 2.45) is 0 Å². The summed E-state index contributed by atoms with van der Waals surface area (Å²) in [6.45, 7) is 0. The Labute approximate surface area is 118 Å². The fourth-order valence-electron chi connectivity index (χ4n) is 2.18. The lowest BCUT2D eigenvalue weighted by Crippen LogP contribution is -2.35. The summed E-state index contributed by atoms with van der Waals surface area (Å²) in [6.07, 6.45) is 2.78. The van der Waals surface area contributed by atoms with Crippen LogP contribution in [-0.2, 0) is 16.4 Å². The molecule has 0 saturated heterocycles. The molecular formula is C15H14N2O2S. The molecule has 0 saturated carbocycles. The van der Waals surface area contributed by atoms with Gasteiger partial charge >= 0.3 is 0 Å². The Morgan fingerprint density at radius 3 is 2.40 bits per heavy atom. The van der Waals surface area contributed by atoms with Crippen molar-refractivity contribution in [3.8, 4) is 0 Å². The van der Waals surface area contributed by atoms with Gasteiger partial charge in [-0.25, -0.2) is 8.42 Å². The second-order valence-corrected chi connectivity index (χ2v) is 6.21. The molecular weight excluding hydrogens is 272 g/mol. The molecule has 2 aromatic carbocycles. The van der Waals surface area contributed by atoms with Crippen molar-refractivity contribution in [1.82, 2.24) is 10.3 Å². The molecule has 0 bridgehead atoms. The van der Waals surface area contributed by atoms with Gasteiger partial charge in [0, 0.05) is 5.56 Å². The van der Waals surface area contributed by atoms with Crippen molar-refractivity contribution >= 4 is 15.7 Å². The summed E-state index contributed by atoms with van der Waals surface area (Å²) in [5.74, 6) is 0. The van der Waals surface area contributed by atoms with E-state index in [1.54, 1.807) is 30.3 Å². The molecule has 0 atom stereocenters. The maximum absolute atomic E-state index is 12.1. The van der Waals surface area contributed by atoms with E-state index in [0.29, 0.717) is 0 Å². The smallest absolute Gasteiger partial charge is 0.257 e. The van der Waals surface area contributed by atoms with E-state index in [0.717, 1.165) is 17.7 Å². The number of sulfonamides is 1. The topological polar surface area (TPSA) is 58.2 Å². The molecule has 1 aliphatic rings. The average molecular weight is 286 g/mol. The highest BCUT2D eigenvalue weighted by Gasteiger charge is 2.17. The van der Waals surface area contributed by atoms with E-state index in [1.165, 1.54) is 5.56 Å². The van der Waals surface area contributed by atoms with Crippen LogP contribution in [0.1, 0.15) is 11.1 Å². The molecule has 0 aromatic heterocycles. The van der Waals surface area contributed by atoms with Gasteiger partial charge in [0.15, 0.2) is 0 Å². The summed E-state index contributed by atoms with van der Waals surface area (Å²) in [6, 6.07) is 16.2. The van der Waals surface area contributed by atoms with Crippen molar-refractivity contribution in [1.29, 1.82) is 0 Å². The second kappa shape index (κ2) is 5.11. The molecule has 3 rings (SSSR count). The number of hydrazine groups is 1. The van der Waals surface area contributed by atoms with Crippen molar-refractivity contribution in [3.05, 3.63) is 71.8 Å². The van der Waals surface area contributed by atoms with Crippen molar-refractivity contribution < 1.29 is 8.42 Å². The first-order valence-electron chi connectivity index (χ1n) is 6.28. The van der Waals surface area contributed by atoms with E-state index in [4.69, 9.17) is 0 Å². The molecule has 2 N–H and O–H groups in total. The molecule has 5 heteroatoms. The number of hydrogen-bond acceptors (Lipinski definition) is 3. The summed E-state index contributed by atoms with van der Waals surface area (Å²) in [5.41, 5.74) is 5.81. The first-order chi connectivity index (χ1) is 9.67. The Balaban J connectivity index is 1.76. The molecule has 4 nitrogen and oxygen atoms in total. The molecule has 2 aromatic rings. The predicted octanol–water partition coefficient (Wildman–Crippen LogP) is 2.07. The van der Waals surface area contributed by atoms with Crippen molar-refractivity contribution in [3.63, 3.8) is 0 Å². The third kappa shape index (κ3) is 2.45. The van der Waals surface area contributed by atoms with Crippen LogP contribution in [0.2, 0.25) is 0 Å². The SMILES string of the molecule is O=S(=O)(NNC1=CCc2ccccc21)c1ccccc1. The molecule has 0 heterocycles. The first-order valence-corrected chi connectivity index (χ1v) is 7.76. The minimum Gasteiger partial charge on any atom is -0.308 e. The minimum atomic E-state index is -3.55.